The van der Waals surface area contributed by atoms with Crippen LogP contribution in [0.2, 0.25) is 0 Å². The van der Waals surface area contributed by atoms with Crippen LogP contribution in [0.1, 0.15) is 80.8 Å². The Labute approximate surface area is 505 Å². The molecule has 5 aromatic rings. The molecule has 0 saturated carbocycles. The molecule has 0 aliphatic carbocycles. The van der Waals surface area contributed by atoms with Gasteiger partial charge in [0.2, 0.25) is 29.4 Å². The van der Waals surface area contributed by atoms with Crippen molar-refractivity contribution < 1.29 is 71.5 Å². The van der Waals surface area contributed by atoms with Gasteiger partial charge in [-0.2, -0.15) is 0 Å². The van der Waals surface area contributed by atoms with E-state index in [4.69, 9.17) is 43.6 Å². The zero-order chi connectivity index (χ0) is 62.3. The molecule has 1 aliphatic rings. The van der Waals surface area contributed by atoms with Crippen LogP contribution in [0, 0.1) is 0 Å². The summed E-state index contributed by atoms with van der Waals surface area (Å²) in [6.45, 7) is 10.7. The van der Waals surface area contributed by atoms with Gasteiger partial charge < -0.3 is 94.1 Å². The number of imidazole rings is 2. The number of fused-ring (bicyclic) bond motifs is 1. The third-order valence-corrected chi connectivity index (χ3v) is 13.3. The first-order chi connectivity index (χ1) is 42.1. The second kappa shape index (κ2) is 36.9. The molecule has 2 aromatic carbocycles. The number of anilines is 4. The van der Waals surface area contributed by atoms with Crippen LogP contribution in [-0.4, -0.2) is 203 Å². The smallest absolute Gasteiger partial charge is 0.291 e. The number of hydrogen-bond acceptors (Lipinski definition) is 18. The van der Waals surface area contributed by atoms with Gasteiger partial charge in [0.15, 0.2) is 11.6 Å². The number of aromatic nitrogens is 5. The van der Waals surface area contributed by atoms with Gasteiger partial charge in [-0.3, -0.25) is 33.6 Å². The quantitative estimate of drug-likeness (QED) is 0.0277. The molecule has 8 N–H and O–H groups in total. The first-order valence-electron chi connectivity index (χ1n) is 29.0. The van der Waals surface area contributed by atoms with Gasteiger partial charge in [0.25, 0.3) is 23.6 Å². The average Bonchev–Trinajstić information content (AvgIpc) is 3.15. The first-order valence-corrected chi connectivity index (χ1v) is 29.0. The fraction of sp³-hybridized carbons (Fsp3) is 0.508. The topological polar surface area (TPSA) is 335 Å². The van der Waals surface area contributed by atoms with Crippen LogP contribution >= 0.6 is 0 Å². The molecule has 7 amide bonds. The predicted octanol–water partition coefficient (Wildman–Crippen LogP) is 2.44. The first kappa shape index (κ1) is 68.2. The van der Waals surface area contributed by atoms with Crippen molar-refractivity contribution in [2.75, 3.05) is 153 Å². The number of nitrogens with zero attached hydrogens (tertiary/aromatic N) is 6. The van der Waals surface area contributed by atoms with Gasteiger partial charge in [0.1, 0.15) is 5.69 Å². The standard InChI is InChI=1S/C59H83N13O15/c1-41-6-7-46-36-45(12-13-48(46)72(41)42(2)73)43-8-10-44(11-9-43)56(76)62-18-20-80-22-24-82-26-28-84-30-32-86-34-35-87-33-31-85-29-27-83-25-23-81-21-19-63-58(78)54-67-51(39-70(54)4)66-53(75)15-17-61-57(77)49-37-47(38-69(49)3)64-59(79)55-68-50(40-71(55)5)65-52(74)14-16-60/h8-13,36-41H,6-7,14-35,60H2,1-5H3,(H,61,77)(H,62,76)(H,63,78)(H,64,79)(H,65,74)(H,66,75)/t41-/m0/s1. The lowest BCUT2D eigenvalue weighted by atomic mass is 9.93. The van der Waals surface area contributed by atoms with Gasteiger partial charge in [-0.05, 0) is 66.8 Å². The Morgan fingerprint density at radius 3 is 1.48 bits per heavy atom. The van der Waals surface area contributed by atoms with Crippen molar-refractivity contribution in [3.63, 3.8) is 0 Å². The number of benzene rings is 2. The number of carbonyl (C=O) groups excluding carboxylic acids is 7. The molecule has 474 valence electrons. The summed E-state index contributed by atoms with van der Waals surface area (Å²) in [6, 6.07) is 15.4. The molecular weight excluding hydrogens is 1130 g/mol. The summed E-state index contributed by atoms with van der Waals surface area (Å²) in [5.74, 6) is -1.93. The van der Waals surface area contributed by atoms with Crippen molar-refractivity contribution in [2.24, 2.45) is 26.9 Å². The number of nitrogens with two attached hydrogens (primary N) is 1. The molecule has 4 heterocycles. The normalized spacial score (nSPS) is 12.8. The molecule has 0 radical (unpaired) electrons. The third-order valence-electron chi connectivity index (χ3n) is 13.3. The molecule has 28 nitrogen and oxygen atoms in total. The van der Waals surface area contributed by atoms with E-state index in [0.29, 0.717) is 117 Å². The summed E-state index contributed by atoms with van der Waals surface area (Å²) in [4.78, 5) is 98.3. The Hall–Kier alpha value is -7.93. The summed E-state index contributed by atoms with van der Waals surface area (Å²) in [7, 11) is 4.84. The molecule has 28 heteroatoms. The Kier molecular flexibility index (Phi) is 28.9. The molecule has 0 bridgehead atoms. The molecule has 1 atom stereocenters. The highest BCUT2D eigenvalue weighted by Crippen LogP contribution is 2.34. The summed E-state index contributed by atoms with van der Waals surface area (Å²) >= 11 is 0. The van der Waals surface area contributed by atoms with Crippen LogP contribution in [0.15, 0.2) is 67.1 Å². The number of carbonyl (C=O) groups is 7. The minimum atomic E-state index is -0.562. The fourth-order valence-corrected chi connectivity index (χ4v) is 8.96. The largest absolute Gasteiger partial charge is 0.377 e. The van der Waals surface area contributed by atoms with Crippen molar-refractivity contribution in [3.8, 4) is 11.1 Å². The van der Waals surface area contributed by atoms with E-state index in [-0.39, 0.29) is 91.8 Å². The van der Waals surface area contributed by atoms with E-state index in [2.05, 4.69) is 54.9 Å². The molecule has 3 aromatic heterocycles. The van der Waals surface area contributed by atoms with E-state index in [1.165, 1.54) is 32.2 Å². The summed E-state index contributed by atoms with van der Waals surface area (Å²) in [5.41, 5.74) is 10.7. The number of rotatable bonds is 40. The number of amides is 7. The monoisotopic (exact) mass is 1210 g/mol. The Morgan fingerprint density at radius 2 is 0.977 bits per heavy atom. The molecule has 0 spiro atoms. The lowest BCUT2D eigenvalue weighted by Gasteiger charge is -2.34. The van der Waals surface area contributed by atoms with Crippen LogP contribution in [-0.2, 0) is 79.8 Å². The van der Waals surface area contributed by atoms with Crippen LogP contribution in [0.5, 0.6) is 0 Å². The second-order valence-electron chi connectivity index (χ2n) is 20.0. The summed E-state index contributed by atoms with van der Waals surface area (Å²) in [6.07, 6.45) is 6.40. The molecule has 6 rings (SSSR count). The Morgan fingerprint density at radius 1 is 0.517 bits per heavy atom. The molecule has 0 saturated heterocycles. The third kappa shape index (κ3) is 23.0. The number of ether oxygens (including phenoxy) is 8. The van der Waals surface area contributed by atoms with Crippen molar-refractivity contribution in [1.29, 1.82) is 0 Å². The summed E-state index contributed by atoms with van der Waals surface area (Å²) < 4.78 is 48.8. The minimum absolute atomic E-state index is 0.00880. The Balaban J connectivity index is 0.664. The lowest BCUT2D eigenvalue weighted by molar-refractivity contribution is -0.117. The lowest BCUT2D eigenvalue weighted by Crippen LogP contribution is -2.40. The molecule has 0 fully saturated rings. The van der Waals surface area contributed by atoms with Gasteiger partial charge in [0.05, 0.1) is 111 Å². The maximum atomic E-state index is 12.9. The summed E-state index contributed by atoms with van der Waals surface area (Å²) in [5, 5.41) is 16.2. The van der Waals surface area contributed by atoms with E-state index in [1.807, 2.05) is 41.3 Å². The molecule has 1 aliphatic heterocycles. The van der Waals surface area contributed by atoms with E-state index in [9.17, 15) is 33.6 Å². The Bertz CT molecular complexity index is 3020. The van der Waals surface area contributed by atoms with Crippen molar-refractivity contribution in [1.82, 2.24) is 39.6 Å². The van der Waals surface area contributed by atoms with E-state index in [0.717, 1.165) is 35.2 Å². The number of nitrogens with one attached hydrogen (secondary N) is 6. The fourth-order valence-electron chi connectivity index (χ4n) is 8.96. The van der Waals surface area contributed by atoms with Crippen LogP contribution in [0.3, 0.4) is 0 Å². The molecule has 0 unspecified atom stereocenters. The van der Waals surface area contributed by atoms with Gasteiger partial charge in [-0.15, -0.1) is 0 Å². The van der Waals surface area contributed by atoms with Crippen molar-refractivity contribution >= 4 is 64.4 Å². The SMILES string of the molecule is CC(=O)N1c2ccc(-c3ccc(C(=O)NCCOCCOCCOCCOCCOCCOCCOCCOCCNC(=O)c4nc(NC(=O)CCNC(=O)c5cc(NC(=O)c6nc(NC(=O)CCN)cn6C)cn5C)cn4C)cc3)cc2CC[C@@H]1C. The average molecular weight is 1210 g/mol. The van der Waals surface area contributed by atoms with Gasteiger partial charge >= 0.3 is 0 Å². The van der Waals surface area contributed by atoms with Crippen molar-refractivity contribution in [3.05, 3.63) is 95.6 Å². The van der Waals surface area contributed by atoms with Crippen LogP contribution in [0.4, 0.5) is 23.0 Å². The zero-order valence-electron chi connectivity index (χ0n) is 50.3. The zero-order valence-corrected chi connectivity index (χ0v) is 50.3. The number of aryl methyl sites for hydroxylation is 4. The predicted molar refractivity (Wildman–Crippen MR) is 322 cm³/mol. The van der Waals surface area contributed by atoms with Gasteiger partial charge in [-0.1, -0.05) is 18.2 Å². The van der Waals surface area contributed by atoms with Crippen LogP contribution in [0.25, 0.3) is 11.1 Å². The van der Waals surface area contributed by atoms with Gasteiger partial charge in [-0.25, -0.2) is 9.97 Å². The van der Waals surface area contributed by atoms with E-state index in [1.54, 1.807) is 34.3 Å². The van der Waals surface area contributed by atoms with Gasteiger partial charge in [0, 0.05) is 103 Å². The maximum absolute atomic E-state index is 12.9. The van der Waals surface area contributed by atoms with E-state index < -0.39 is 23.6 Å². The number of hydrogen-bond donors (Lipinski definition) is 7. The highest BCUT2D eigenvalue weighted by atomic mass is 16.6. The minimum Gasteiger partial charge on any atom is -0.377 e. The molecule has 87 heavy (non-hydrogen) atoms. The maximum Gasteiger partial charge on any atom is 0.291 e. The van der Waals surface area contributed by atoms with E-state index >= 15 is 0 Å². The highest BCUT2D eigenvalue weighted by Gasteiger charge is 2.27. The molecular formula is C59H83N13O15. The van der Waals surface area contributed by atoms with Crippen molar-refractivity contribution in [2.45, 2.75) is 45.6 Å². The highest BCUT2D eigenvalue weighted by molar-refractivity contribution is 6.04. The van der Waals surface area contributed by atoms with Crippen LogP contribution < -0.4 is 42.5 Å². The second-order valence-corrected chi connectivity index (χ2v) is 20.0.